The number of methoxy groups -OCH3 is 2. The molecule has 8 nitrogen and oxygen atoms in total. The van der Waals surface area contributed by atoms with Gasteiger partial charge >= 0.3 is 0 Å². The number of hydrogen-bond donors (Lipinski definition) is 0. The van der Waals surface area contributed by atoms with Gasteiger partial charge in [-0.3, -0.25) is 0 Å². The van der Waals surface area contributed by atoms with Gasteiger partial charge in [0.05, 0.1) is 24.0 Å². The second-order valence-corrected chi connectivity index (χ2v) is 11.4. The van der Waals surface area contributed by atoms with E-state index in [9.17, 15) is 16.8 Å². The van der Waals surface area contributed by atoms with Gasteiger partial charge in [-0.2, -0.15) is 8.61 Å². The third-order valence-electron chi connectivity index (χ3n) is 5.51. The Hall–Kier alpha value is -2.14. The summed E-state index contributed by atoms with van der Waals surface area (Å²) in [5, 5.41) is 0. The van der Waals surface area contributed by atoms with Crippen molar-refractivity contribution in [2.24, 2.45) is 0 Å². The monoisotopic (exact) mass is 468 g/mol. The molecular formula is C21H28N2O6S2. The molecule has 1 aliphatic heterocycles. The number of hydrogen-bond acceptors (Lipinski definition) is 6. The molecule has 0 N–H and O–H groups in total. The van der Waals surface area contributed by atoms with Gasteiger partial charge in [0.15, 0.2) is 0 Å². The topological polar surface area (TPSA) is 93.2 Å². The maximum Gasteiger partial charge on any atom is 0.243 e. The predicted molar refractivity (Wildman–Crippen MR) is 118 cm³/mol. The van der Waals surface area contributed by atoms with Gasteiger partial charge in [-0.25, -0.2) is 16.8 Å². The summed E-state index contributed by atoms with van der Waals surface area (Å²) >= 11 is 0. The molecular weight excluding hydrogens is 440 g/mol. The molecule has 2 aromatic rings. The summed E-state index contributed by atoms with van der Waals surface area (Å²) in [4.78, 5) is 0.333. The summed E-state index contributed by atoms with van der Waals surface area (Å²) in [6, 6.07) is 8.89. The first-order valence-electron chi connectivity index (χ1n) is 9.83. The number of benzene rings is 2. The highest BCUT2D eigenvalue weighted by Crippen LogP contribution is 2.29. The molecule has 1 heterocycles. The van der Waals surface area contributed by atoms with E-state index < -0.39 is 26.1 Å². The third kappa shape index (κ3) is 4.43. The summed E-state index contributed by atoms with van der Waals surface area (Å²) in [6.45, 7) is 5.50. The smallest absolute Gasteiger partial charge is 0.243 e. The molecule has 0 spiro atoms. The second kappa shape index (κ2) is 8.78. The number of sulfonamides is 2. The van der Waals surface area contributed by atoms with Crippen molar-refractivity contribution in [2.45, 2.75) is 36.6 Å². The second-order valence-electron chi connectivity index (χ2n) is 7.59. The van der Waals surface area contributed by atoms with E-state index in [0.717, 1.165) is 0 Å². The molecule has 1 atom stereocenters. The lowest BCUT2D eigenvalue weighted by atomic mass is 10.2. The van der Waals surface area contributed by atoms with Crippen LogP contribution >= 0.6 is 0 Å². The van der Waals surface area contributed by atoms with Crippen molar-refractivity contribution in [3.63, 3.8) is 0 Å². The minimum absolute atomic E-state index is 0.0712. The van der Waals surface area contributed by atoms with Gasteiger partial charge in [-0.15, -0.1) is 0 Å². The highest BCUT2D eigenvalue weighted by molar-refractivity contribution is 7.89. The molecule has 1 aliphatic rings. The van der Waals surface area contributed by atoms with Crippen LogP contribution in [0.2, 0.25) is 0 Å². The van der Waals surface area contributed by atoms with Crippen molar-refractivity contribution in [3.8, 4) is 11.5 Å². The van der Waals surface area contributed by atoms with E-state index >= 15 is 0 Å². The fourth-order valence-corrected chi connectivity index (χ4v) is 7.09. The van der Waals surface area contributed by atoms with Crippen LogP contribution in [0.25, 0.3) is 0 Å². The molecule has 0 bridgehead atoms. The SMILES string of the molecule is COc1ccc(S(=O)(=O)N2CCN(S(=O)(=O)c3ccc(OC)c(C)c3)[C@H](C)C2)cc1C. The lowest BCUT2D eigenvalue weighted by Crippen LogP contribution is -2.55. The number of nitrogens with zero attached hydrogens (tertiary/aromatic N) is 2. The van der Waals surface area contributed by atoms with Crippen molar-refractivity contribution >= 4 is 20.0 Å². The van der Waals surface area contributed by atoms with Gasteiger partial charge < -0.3 is 9.47 Å². The van der Waals surface area contributed by atoms with Crippen molar-refractivity contribution in [2.75, 3.05) is 33.9 Å². The van der Waals surface area contributed by atoms with Gasteiger partial charge in [0.1, 0.15) is 11.5 Å². The first-order valence-corrected chi connectivity index (χ1v) is 12.7. The molecule has 0 unspecified atom stereocenters. The van der Waals surface area contributed by atoms with E-state index in [-0.39, 0.29) is 29.4 Å². The number of piperazine rings is 1. The molecule has 0 radical (unpaired) electrons. The summed E-state index contributed by atoms with van der Waals surface area (Å²) in [6.07, 6.45) is 0. The minimum Gasteiger partial charge on any atom is -0.496 e. The zero-order chi connectivity index (χ0) is 23.0. The molecule has 0 saturated carbocycles. The van der Waals surface area contributed by atoms with Crippen LogP contribution in [-0.2, 0) is 20.0 Å². The van der Waals surface area contributed by atoms with Crippen LogP contribution < -0.4 is 9.47 Å². The van der Waals surface area contributed by atoms with Crippen LogP contribution in [0.4, 0.5) is 0 Å². The Bertz CT molecular complexity index is 1180. The molecule has 0 amide bonds. The van der Waals surface area contributed by atoms with E-state index in [4.69, 9.17) is 9.47 Å². The highest BCUT2D eigenvalue weighted by Gasteiger charge is 2.38. The predicted octanol–water partition coefficient (Wildman–Crippen LogP) is 2.40. The fourth-order valence-electron chi connectivity index (χ4n) is 3.79. The first kappa shape index (κ1) is 23.5. The zero-order valence-electron chi connectivity index (χ0n) is 18.3. The number of ether oxygens (including phenoxy) is 2. The van der Waals surface area contributed by atoms with E-state index in [1.807, 2.05) is 0 Å². The lowest BCUT2D eigenvalue weighted by Gasteiger charge is -2.38. The van der Waals surface area contributed by atoms with Gasteiger partial charge in [-0.1, -0.05) is 0 Å². The van der Waals surface area contributed by atoms with Crippen molar-refractivity contribution in [1.82, 2.24) is 8.61 Å². The third-order valence-corrected chi connectivity index (χ3v) is 9.38. The van der Waals surface area contributed by atoms with E-state index in [1.165, 1.54) is 35.0 Å². The summed E-state index contributed by atoms with van der Waals surface area (Å²) < 4.78 is 65.8. The van der Waals surface area contributed by atoms with Crippen LogP contribution in [0.15, 0.2) is 46.2 Å². The Morgan fingerprint density at radius 2 is 1.29 bits per heavy atom. The quantitative estimate of drug-likeness (QED) is 0.646. The maximum absolute atomic E-state index is 13.2. The zero-order valence-corrected chi connectivity index (χ0v) is 20.0. The molecule has 10 heteroatoms. The number of aryl methyl sites for hydroxylation is 2. The molecule has 0 aromatic heterocycles. The van der Waals surface area contributed by atoms with Crippen molar-refractivity contribution < 1.29 is 26.3 Å². The molecule has 3 rings (SSSR count). The molecule has 1 fully saturated rings. The van der Waals surface area contributed by atoms with Crippen LogP contribution in [0.3, 0.4) is 0 Å². The van der Waals surface area contributed by atoms with Crippen LogP contribution in [0.5, 0.6) is 11.5 Å². The normalized spacial score (nSPS) is 18.7. The summed E-state index contributed by atoms with van der Waals surface area (Å²) in [5.41, 5.74) is 1.43. The van der Waals surface area contributed by atoms with Crippen LogP contribution in [-0.4, -0.2) is 65.3 Å². The molecule has 0 aliphatic carbocycles. The number of rotatable bonds is 6. The van der Waals surface area contributed by atoms with Crippen LogP contribution in [0.1, 0.15) is 18.1 Å². The standard InChI is InChI=1S/C21H28N2O6S2/c1-15-12-18(6-8-20(15)28-4)30(24,25)22-10-11-23(17(3)14-22)31(26,27)19-7-9-21(29-5)16(2)13-19/h6-9,12-13,17H,10-11,14H2,1-5H3/t17-/m1/s1. The van der Waals surface area contributed by atoms with E-state index in [0.29, 0.717) is 22.6 Å². The summed E-state index contributed by atoms with van der Waals surface area (Å²) in [7, 11) is -4.46. The Morgan fingerprint density at radius 1 is 0.806 bits per heavy atom. The van der Waals surface area contributed by atoms with Crippen LogP contribution in [0, 0.1) is 13.8 Å². The fraction of sp³-hybridized carbons (Fsp3) is 0.429. The lowest BCUT2D eigenvalue weighted by molar-refractivity contribution is 0.212. The Balaban J connectivity index is 1.83. The molecule has 31 heavy (non-hydrogen) atoms. The van der Waals surface area contributed by atoms with Crippen molar-refractivity contribution in [1.29, 1.82) is 0 Å². The molecule has 1 saturated heterocycles. The van der Waals surface area contributed by atoms with Gasteiger partial charge in [0.25, 0.3) is 0 Å². The average molecular weight is 469 g/mol. The largest absolute Gasteiger partial charge is 0.496 e. The van der Waals surface area contributed by atoms with Crippen molar-refractivity contribution in [3.05, 3.63) is 47.5 Å². The Morgan fingerprint density at radius 3 is 1.71 bits per heavy atom. The van der Waals surface area contributed by atoms with Gasteiger partial charge in [-0.05, 0) is 68.3 Å². The van der Waals surface area contributed by atoms with Gasteiger partial charge in [0, 0.05) is 25.7 Å². The average Bonchev–Trinajstić information content (AvgIpc) is 2.73. The highest BCUT2D eigenvalue weighted by atomic mass is 32.2. The molecule has 170 valence electrons. The Labute approximate surface area is 184 Å². The van der Waals surface area contributed by atoms with E-state index in [2.05, 4.69) is 0 Å². The Kier molecular flexibility index (Phi) is 6.66. The van der Waals surface area contributed by atoms with E-state index in [1.54, 1.807) is 45.0 Å². The maximum atomic E-state index is 13.2. The van der Waals surface area contributed by atoms with Gasteiger partial charge in [0.2, 0.25) is 20.0 Å². The summed E-state index contributed by atoms with van der Waals surface area (Å²) in [5.74, 6) is 1.22. The minimum atomic E-state index is -3.77. The first-order chi connectivity index (χ1) is 14.5. The molecule has 2 aromatic carbocycles.